The summed E-state index contributed by atoms with van der Waals surface area (Å²) in [6.07, 6.45) is 3.87. The Kier molecular flexibility index (Phi) is 4.88. The van der Waals surface area contributed by atoms with E-state index >= 15 is 0 Å². The number of fused-ring (bicyclic) bond motifs is 1. The lowest BCUT2D eigenvalue weighted by molar-refractivity contribution is 0.334. The summed E-state index contributed by atoms with van der Waals surface area (Å²) in [5.41, 5.74) is 2.37. The highest BCUT2D eigenvalue weighted by Crippen LogP contribution is 2.16. The van der Waals surface area contributed by atoms with Crippen LogP contribution in [-0.2, 0) is 13.1 Å². The van der Waals surface area contributed by atoms with E-state index in [4.69, 9.17) is 4.98 Å². The SMILES string of the molecule is CCCn1c(CNCCN2CCCC2)nc2ccccc21. The fourth-order valence-electron chi connectivity index (χ4n) is 3.18. The molecule has 1 N–H and O–H groups in total. The van der Waals surface area contributed by atoms with E-state index in [0.717, 1.165) is 38.1 Å². The second kappa shape index (κ2) is 7.05. The van der Waals surface area contributed by atoms with E-state index in [9.17, 15) is 0 Å². The molecule has 2 aromatic rings. The Morgan fingerprint density at radius 2 is 1.95 bits per heavy atom. The molecule has 4 nitrogen and oxygen atoms in total. The third kappa shape index (κ3) is 3.44. The minimum atomic E-state index is 0.864. The highest BCUT2D eigenvalue weighted by atomic mass is 15.2. The first kappa shape index (κ1) is 14.5. The molecule has 4 heteroatoms. The summed E-state index contributed by atoms with van der Waals surface area (Å²) >= 11 is 0. The number of benzene rings is 1. The zero-order valence-electron chi connectivity index (χ0n) is 13.0. The van der Waals surface area contributed by atoms with Crippen molar-refractivity contribution in [2.24, 2.45) is 0 Å². The van der Waals surface area contributed by atoms with Gasteiger partial charge >= 0.3 is 0 Å². The summed E-state index contributed by atoms with van der Waals surface area (Å²) in [5, 5.41) is 3.56. The predicted octanol–water partition coefficient (Wildman–Crippen LogP) is 2.63. The second-order valence-corrected chi connectivity index (χ2v) is 5.89. The smallest absolute Gasteiger partial charge is 0.123 e. The number of aromatic nitrogens is 2. The number of likely N-dealkylation sites (tertiary alicyclic amines) is 1. The van der Waals surface area contributed by atoms with Crippen molar-refractivity contribution >= 4 is 11.0 Å². The van der Waals surface area contributed by atoms with Crippen molar-refractivity contribution in [1.82, 2.24) is 19.8 Å². The molecule has 0 aliphatic carbocycles. The maximum absolute atomic E-state index is 4.79. The molecule has 1 aromatic carbocycles. The van der Waals surface area contributed by atoms with Crippen LogP contribution in [0.1, 0.15) is 32.0 Å². The van der Waals surface area contributed by atoms with Crippen molar-refractivity contribution in [3.05, 3.63) is 30.1 Å². The molecule has 2 heterocycles. The van der Waals surface area contributed by atoms with Gasteiger partial charge in [-0.05, 0) is 44.5 Å². The molecule has 3 rings (SSSR count). The van der Waals surface area contributed by atoms with Crippen LogP contribution in [0, 0.1) is 0 Å². The molecular weight excluding hydrogens is 260 g/mol. The third-order valence-electron chi connectivity index (χ3n) is 4.27. The molecule has 0 bridgehead atoms. The first-order valence-electron chi connectivity index (χ1n) is 8.25. The van der Waals surface area contributed by atoms with Crippen LogP contribution in [0.2, 0.25) is 0 Å². The number of hydrogen-bond acceptors (Lipinski definition) is 3. The molecule has 0 amide bonds. The van der Waals surface area contributed by atoms with E-state index in [1.807, 2.05) is 0 Å². The van der Waals surface area contributed by atoms with Gasteiger partial charge in [0.05, 0.1) is 17.6 Å². The molecule has 0 spiro atoms. The maximum atomic E-state index is 4.79. The molecule has 1 aliphatic heterocycles. The number of nitrogens with zero attached hydrogens (tertiary/aromatic N) is 3. The van der Waals surface area contributed by atoms with E-state index < -0.39 is 0 Å². The number of aryl methyl sites for hydroxylation is 1. The van der Waals surface area contributed by atoms with E-state index in [2.05, 4.69) is 46.0 Å². The van der Waals surface area contributed by atoms with Crippen LogP contribution in [-0.4, -0.2) is 40.6 Å². The van der Waals surface area contributed by atoms with Crippen molar-refractivity contribution in [3.8, 4) is 0 Å². The predicted molar refractivity (Wildman–Crippen MR) is 87.4 cm³/mol. The Hall–Kier alpha value is -1.39. The van der Waals surface area contributed by atoms with E-state index in [0.29, 0.717) is 0 Å². The lowest BCUT2D eigenvalue weighted by atomic mass is 10.3. The third-order valence-corrected chi connectivity index (χ3v) is 4.27. The fourth-order valence-corrected chi connectivity index (χ4v) is 3.18. The minimum absolute atomic E-state index is 0.864. The van der Waals surface area contributed by atoms with Gasteiger partial charge in [0, 0.05) is 19.6 Å². The van der Waals surface area contributed by atoms with Gasteiger partial charge in [0.1, 0.15) is 5.82 Å². The molecule has 21 heavy (non-hydrogen) atoms. The summed E-state index contributed by atoms with van der Waals surface area (Å²) in [4.78, 5) is 7.33. The van der Waals surface area contributed by atoms with Gasteiger partial charge in [0.2, 0.25) is 0 Å². The van der Waals surface area contributed by atoms with Crippen LogP contribution in [0.3, 0.4) is 0 Å². The Morgan fingerprint density at radius 1 is 1.14 bits per heavy atom. The fraction of sp³-hybridized carbons (Fsp3) is 0.588. The lowest BCUT2D eigenvalue weighted by Crippen LogP contribution is -2.30. The number of rotatable bonds is 7. The highest BCUT2D eigenvalue weighted by molar-refractivity contribution is 5.75. The van der Waals surface area contributed by atoms with E-state index in [1.165, 1.54) is 37.3 Å². The Morgan fingerprint density at radius 3 is 2.76 bits per heavy atom. The van der Waals surface area contributed by atoms with Crippen LogP contribution >= 0.6 is 0 Å². The normalized spacial score (nSPS) is 16.0. The van der Waals surface area contributed by atoms with Gasteiger partial charge in [0.25, 0.3) is 0 Å². The monoisotopic (exact) mass is 286 g/mol. The van der Waals surface area contributed by atoms with Gasteiger partial charge in [0.15, 0.2) is 0 Å². The van der Waals surface area contributed by atoms with Crippen molar-refractivity contribution in [3.63, 3.8) is 0 Å². The number of imidazole rings is 1. The van der Waals surface area contributed by atoms with Gasteiger partial charge in [-0.1, -0.05) is 19.1 Å². The number of nitrogens with one attached hydrogen (secondary N) is 1. The molecule has 1 saturated heterocycles. The van der Waals surface area contributed by atoms with Gasteiger partial charge in [-0.15, -0.1) is 0 Å². The van der Waals surface area contributed by atoms with Crippen LogP contribution < -0.4 is 5.32 Å². The van der Waals surface area contributed by atoms with Crippen LogP contribution in [0.15, 0.2) is 24.3 Å². The van der Waals surface area contributed by atoms with E-state index in [1.54, 1.807) is 0 Å². The zero-order valence-corrected chi connectivity index (χ0v) is 13.0. The highest BCUT2D eigenvalue weighted by Gasteiger charge is 2.11. The molecule has 1 fully saturated rings. The Bertz CT molecular complexity index is 569. The van der Waals surface area contributed by atoms with Gasteiger partial charge in [-0.3, -0.25) is 0 Å². The Balaban J connectivity index is 1.61. The first-order valence-corrected chi connectivity index (χ1v) is 8.25. The quantitative estimate of drug-likeness (QED) is 0.794. The van der Waals surface area contributed by atoms with Crippen molar-refractivity contribution in [2.75, 3.05) is 26.2 Å². The maximum Gasteiger partial charge on any atom is 0.123 e. The molecule has 0 radical (unpaired) electrons. The molecule has 0 atom stereocenters. The van der Waals surface area contributed by atoms with Crippen LogP contribution in [0.5, 0.6) is 0 Å². The van der Waals surface area contributed by atoms with Crippen LogP contribution in [0.4, 0.5) is 0 Å². The minimum Gasteiger partial charge on any atom is -0.327 e. The standard InChI is InChI=1S/C17H26N4/c1-2-10-21-16-8-4-3-7-15(16)19-17(21)14-18-9-13-20-11-5-6-12-20/h3-4,7-8,18H,2,5-6,9-14H2,1H3. The summed E-state index contributed by atoms with van der Waals surface area (Å²) in [7, 11) is 0. The number of para-hydroxylation sites is 2. The average molecular weight is 286 g/mol. The Labute approximate surface area is 127 Å². The molecule has 114 valence electrons. The first-order chi connectivity index (χ1) is 10.4. The van der Waals surface area contributed by atoms with Gasteiger partial charge < -0.3 is 14.8 Å². The zero-order chi connectivity index (χ0) is 14.5. The largest absolute Gasteiger partial charge is 0.327 e. The second-order valence-electron chi connectivity index (χ2n) is 5.89. The van der Waals surface area contributed by atoms with Crippen LogP contribution in [0.25, 0.3) is 11.0 Å². The average Bonchev–Trinajstić information content (AvgIpc) is 3.13. The molecule has 1 aromatic heterocycles. The summed E-state index contributed by atoms with van der Waals surface area (Å²) < 4.78 is 2.36. The molecule has 1 aliphatic rings. The van der Waals surface area contributed by atoms with Gasteiger partial charge in [-0.25, -0.2) is 4.98 Å². The van der Waals surface area contributed by atoms with E-state index in [-0.39, 0.29) is 0 Å². The topological polar surface area (TPSA) is 33.1 Å². The summed E-state index contributed by atoms with van der Waals surface area (Å²) in [6.45, 7) is 8.89. The summed E-state index contributed by atoms with van der Waals surface area (Å²) in [6, 6.07) is 8.44. The summed E-state index contributed by atoms with van der Waals surface area (Å²) in [5.74, 6) is 1.17. The van der Waals surface area contributed by atoms with Gasteiger partial charge in [-0.2, -0.15) is 0 Å². The molecular formula is C17H26N4. The molecule has 0 unspecified atom stereocenters. The van der Waals surface area contributed by atoms with Crippen molar-refractivity contribution in [2.45, 2.75) is 39.3 Å². The lowest BCUT2D eigenvalue weighted by Gasteiger charge is -2.15. The van der Waals surface area contributed by atoms with Crippen molar-refractivity contribution in [1.29, 1.82) is 0 Å². The number of hydrogen-bond donors (Lipinski definition) is 1. The van der Waals surface area contributed by atoms with Crippen molar-refractivity contribution < 1.29 is 0 Å². The molecule has 0 saturated carbocycles.